The zero-order valence-corrected chi connectivity index (χ0v) is 18.4. The fourth-order valence-corrected chi connectivity index (χ4v) is 3.91. The van der Waals surface area contributed by atoms with Gasteiger partial charge in [0.05, 0.1) is 19.9 Å². The van der Waals surface area contributed by atoms with Gasteiger partial charge >= 0.3 is 0 Å². The fourth-order valence-electron chi connectivity index (χ4n) is 3.44. The Bertz CT molecular complexity index is 877. The van der Waals surface area contributed by atoms with Crippen molar-refractivity contribution in [2.75, 3.05) is 50.4 Å². The molecule has 0 amide bonds. The number of nitrogens with zero attached hydrogens (tertiary/aromatic N) is 3. The second-order valence-electron chi connectivity index (χ2n) is 6.91. The van der Waals surface area contributed by atoms with Crippen molar-refractivity contribution in [3.8, 4) is 11.6 Å². The molecule has 29 heavy (non-hydrogen) atoms. The summed E-state index contributed by atoms with van der Waals surface area (Å²) in [6, 6.07) is 9.59. The van der Waals surface area contributed by atoms with Gasteiger partial charge in [-0.2, -0.15) is 0 Å². The summed E-state index contributed by atoms with van der Waals surface area (Å²) in [5.41, 5.74) is 7.14. The van der Waals surface area contributed by atoms with Gasteiger partial charge in [-0.25, -0.2) is 9.99 Å². The summed E-state index contributed by atoms with van der Waals surface area (Å²) in [5, 5.41) is 2.09. The van der Waals surface area contributed by atoms with Crippen LogP contribution in [0.3, 0.4) is 0 Å². The van der Waals surface area contributed by atoms with Crippen LogP contribution < -0.4 is 19.8 Å². The highest BCUT2D eigenvalue weighted by Crippen LogP contribution is 2.31. The molecule has 0 aliphatic carbocycles. The van der Waals surface area contributed by atoms with Crippen molar-refractivity contribution >= 4 is 28.3 Å². The number of carbonyl (C=O) groups is 1. The molecule has 1 atom stereocenters. The minimum Gasteiger partial charge on any atom is -0.495 e. The fraction of sp³-hybridized carbons (Fsp3) is 0.429. The SMILES string of the molecule is COc1ccccc1N1CCN(Nc2cc(C)c(C)nc2OC)C(C(=O)SC)C1. The largest absolute Gasteiger partial charge is 0.495 e. The lowest BCUT2D eigenvalue weighted by Gasteiger charge is -2.42. The second kappa shape index (κ2) is 9.37. The third-order valence-corrected chi connectivity index (χ3v) is 5.84. The Morgan fingerprint density at radius 2 is 1.97 bits per heavy atom. The topological polar surface area (TPSA) is 66.9 Å². The molecule has 1 aliphatic heterocycles. The van der Waals surface area contributed by atoms with E-state index >= 15 is 0 Å². The Kier molecular flexibility index (Phi) is 6.87. The van der Waals surface area contributed by atoms with Gasteiger partial charge in [0.2, 0.25) is 11.0 Å². The lowest BCUT2D eigenvalue weighted by molar-refractivity contribution is -0.115. The van der Waals surface area contributed by atoms with E-state index in [9.17, 15) is 4.79 Å². The molecule has 0 radical (unpaired) electrons. The number of ether oxygens (including phenoxy) is 2. The number of pyridine rings is 1. The number of aromatic nitrogens is 1. The Morgan fingerprint density at radius 3 is 2.66 bits per heavy atom. The quantitative estimate of drug-likeness (QED) is 0.771. The van der Waals surface area contributed by atoms with Crippen molar-refractivity contribution in [2.45, 2.75) is 19.9 Å². The van der Waals surface area contributed by atoms with E-state index in [1.54, 1.807) is 14.2 Å². The van der Waals surface area contributed by atoms with Crippen molar-refractivity contribution in [3.05, 3.63) is 41.6 Å². The second-order valence-corrected chi connectivity index (χ2v) is 7.72. The number of rotatable bonds is 6. The van der Waals surface area contributed by atoms with Crippen LogP contribution in [0.25, 0.3) is 0 Å². The van der Waals surface area contributed by atoms with Crippen LogP contribution in [-0.4, -0.2) is 61.3 Å². The molecule has 1 N–H and O–H groups in total. The highest BCUT2D eigenvalue weighted by molar-refractivity contribution is 8.13. The third-order valence-electron chi connectivity index (χ3n) is 5.17. The van der Waals surface area contributed by atoms with Crippen LogP contribution in [0.5, 0.6) is 11.6 Å². The first-order valence-corrected chi connectivity index (χ1v) is 10.7. The molecule has 1 aliphatic rings. The number of thioether (sulfide) groups is 1. The molecule has 3 rings (SSSR count). The smallest absolute Gasteiger partial charge is 0.238 e. The van der Waals surface area contributed by atoms with E-state index in [0.717, 1.165) is 34.9 Å². The summed E-state index contributed by atoms with van der Waals surface area (Å²) < 4.78 is 11.0. The molecule has 0 bridgehead atoms. The van der Waals surface area contributed by atoms with E-state index in [-0.39, 0.29) is 11.2 Å². The van der Waals surface area contributed by atoms with E-state index in [1.165, 1.54) is 11.8 Å². The van der Waals surface area contributed by atoms with Gasteiger partial charge in [0.1, 0.15) is 17.5 Å². The number of piperazine rings is 1. The number of hydrogen-bond acceptors (Lipinski definition) is 8. The van der Waals surface area contributed by atoms with Crippen LogP contribution in [0.1, 0.15) is 11.3 Å². The van der Waals surface area contributed by atoms with Gasteiger partial charge in [-0.1, -0.05) is 23.9 Å². The van der Waals surface area contributed by atoms with Crippen LogP contribution in [0, 0.1) is 13.8 Å². The maximum atomic E-state index is 12.8. The van der Waals surface area contributed by atoms with Crippen molar-refractivity contribution in [1.29, 1.82) is 0 Å². The van der Waals surface area contributed by atoms with Gasteiger partial charge in [0, 0.05) is 25.3 Å². The lowest BCUT2D eigenvalue weighted by atomic mass is 10.1. The normalized spacial score (nSPS) is 17.1. The molecule has 2 heterocycles. The molecule has 156 valence electrons. The number of benzene rings is 1. The van der Waals surface area contributed by atoms with Crippen molar-refractivity contribution in [2.24, 2.45) is 0 Å². The highest BCUT2D eigenvalue weighted by Gasteiger charge is 2.33. The number of carbonyl (C=O) groups excluding carboxylic acids is 1. The van der Waals surface area contributed by atoms with E-state index in [0.29, 0.717) is 19.0 Å². The third kappa shape index (κ3) is 4.59. The van der Waals surface area contributed by atoms with Crippen LogP contribution in [-0.2, 0) is 4.79 Å². The zero-order valence-electron chi connectivity index (χ0n) is 17.6. The zero-order chi connectivity index (χ0) is 21.0. The number of methoxy groups -OCH3 is 2. The average molecular weight is 417 g/mol. The number of hydrogen-bond donors (Lipinski definition) is 1. The van der Waals surface area contributed by atoms with Crippen LogP contribution in [0.15, 0.2) is 30.3 Å². The van der Waals surface area contributed by atoms with Gasteiger partial charge in [-0.05, 0) is 43.9 Å². The summed E-state index contributed by atoms with van der Waals surface area (Å²) in [5.74, 6) is 1.33. The standard InChI is InChI=1S/C21H28N4O3S/c1-14-12-16(20(28-4)22-15(14)2)23-25-11-10-24(13-18(25)21(26)29-5)17-8-6-7-9-19(17)27-3/h6-9,12,18,23H,10-11,13H2,1-5H3. The first-order chi connectivity index (χ1) is 14.0. The summed E-state index contributed by atoms with van der Waals surface area (Å²) in [6.45, 7) is 5.94. The van der Waals surface area contributed by atoms with Gasteiger partial charge in [0.15, 0.2) is 0 Å². The predicted octanol–water partition coefficient (Wildman–Crippen LogP) is 3.12. The number of para-hydroxylation sites is 2. The number of aryl methyl sites for hydroxylation is 2. The monoisotopic (exact) mass is 416 g/mol. The van der Waals surface area contributed by atoms with Crippen LogP contribution >= 0.6 is 11.8 Å². The molecule has 0 saturated carbocycles. The van der Waals surface area contributed by atoms with Crippen molar-refractivity contribution in [3.63, 3.8) is 0 Å². The Hall–Kier alpha value is -2.45. The van der Waals surface area contributed by atoms with Gasteiger partial charge in [-0.15, -0.1) is 0 Å². The molecule has 8 heteroatoms. The van der Waals surface area contributed by atoms with Gasteiger partial charge in [-0.3, -0.25) is 4.79 Å². The molecular weight excluding hydrogens is 388 g/mol. The first kappa shape index (κ1) is 21.3. The molecule has 0 spiro atoms. The molecule has 1 aromatic carbocycles. The van der Waals surface area contributed by atoms with Crippen LogP contribution in [0.4, 0.5) is 11.4 Å². The number of nitrogens with one attached hydrogen (secondary N) is 1. The van der Waals surface area contributed by atoms with Gasteiger partial charge in [0.25, 0.3) is 0 Å². The van der Waals surface area contributed by atoms with E-state index in [2.05, 4.69) is 15.3 Å². The summed E-state index contributed by atoms with van der Waals surface area (Å²) in [4.78, 5) is 19.5. The maximum absolute atomic E-state index is 12.8. The lowest BCUT2D eigenvalue weighted by Crippen LogP contribution is -2.58. The molecule has 1 unspecified atom stereocenters. The average Bonchev–Trinajstić information content (AvgIpc) is 2.75. The predicted molar refractivity (Wildman–Crippen MR) is 118 cm³/mol. The summed E-state index contributed by atoms with van der Waals surface area (Å²) in [6.07, 6.45) is 1.82. The first-order valence-electron chi connectivity index (χ1n) is 9.49. The minimum atomic E-state index is -0.324. The maximum Gasteiger partial charge on any atom is 0.238 e. The van der Waals surface area contributed by atoms with E-state index in [4.69, 9.17) is 9.47 Å². The van der Waals surface area contributed by atoms with Crippen molar-refractivity contribution in [1.82, 2.24) is 9.99 Å². The molecule has 7 nitrogen and oxygen atoms in total. The summed E-state index contributed by atoms with van der Waals surface area (Å²) in [7, 11) is 3.27. The Labute approximate surface area is 176 Å². The molecule has 1 aromatic heterocycles. The Balaban J connectivity index is 1.86. The molecule has 2 aromatic rings. The molecule has 1 saturated heterocycles. The number of anilines is 2. The van der Waals surface area contributed by atoms with Crippen LogP contribution in [0.2, 0.25) is 0 Å². The minimum absolute atomic E-state index is 0.104. The van der Waals surface area contributed by atoms with Crippen molar-refractivity contribution < 1.29 is 14.3 Å². The highest BCUT2D eigenvalue weighted by atomic mass is 32.2. The molecular formula is C21H28N4O3S. The Morgan fingerprint density at radius 1 is 1.21 bits per heavy atom. The number of hydrazine groups is 1. The molecule has 1 fully saturated rings. The van der Waals surface area contributed by atoms with E-state index in [1.807, 2.05) is 55.4 Å². The van der Waals surface area contributed by atoms with E-state index < -0.39 is 0 Å². The summed E-state index contributed by atoms with van der Waals surface area (Å²) >= 11 is 1.24. The van der Waals surface area contributed by atoms with Gasteiger partial charge < -0.3 is 19.8 Å².